The van der Waals surface area contributed by atoms with Crippen LogP contribution < -0.4 is 0 Å². The number of carbonyl (C=O) groups is 1. The summed E-state index contributed by atoms with van der Waals surface area (Å²) < 4.78 is 66.2. The lowest BCUT2D eigenvalue weighted by atomic mass is 10.2. The first-order valence-electron chi connectivity index (χ1n) is 6.39. The third-order valence-corrected chi connectivity index (χ3v) is 5.00. The van der Waals surface area contributed by atoms with Crippen molar-refractivity contribution < 1.29 is 31.1 Å². The van der Waals surface area contributed by atoms with Crippen molar-refractivity contribution in [1.82, 2.24) is 4.31 Å². The number of Topliss-reactive ketones (excluding diaryl/α,β-unsaturated/α-hetero) is 1. The van der Waals surface area contributed by atoms with Gasteiger partial charge in [-0.1, -0.05) is 12.1 Å². The van der Waals surface area contributed by atoms with Crippen LogP contribution in [0.3, 0.4) is 0 Å². The number of ether oxygens (including phenoxy) is 1. The van der Waals surface area contributed by atoms with Crippen LogP contribution in [0.25, 0.3) is 0 Å². The molecule has 1 heterocycles. The van der Waals surface area contributed by atoms with Gasteiger partial charge in [0.05, 0.1) is 11.0 Å². The molecule has 9 heteroatoms. The van der Waals surface area contributed by atoms with E-state index in [0.29, 0.717) is 0 Å². The lowest BCUT2D eigenvalue weighted by Gasteiger charge is -2.37. The normalized spacial score (nSPS) is 17.3. The molecular weight excluding hydrogens is 323 g/mol. The molecule has 0 saturated carbocycles. The lowest BCUT2D eigenvalue weighted by Crippen LogP contribution is -2.55. The van der Waals surface area contributed by atoms with Crippen molar-refractivity contribution in [3.8, 4) is 0 Å². The fourth-order valence-corrected chi connectivity index (χ4v) is 3.49. The maximum atomic E-state index is 12.3. The predicted octanol–water partition coefficient (Wildman–Crippen LogP) is 1.84. The van der Waals surface area contributed by atoms with E-state index in [4.69, 9.17) is 0 Å². The molecule has 0 spiro atoms. The number of sulfonamides is 1. The van der Waals surface area contributed by atoms with Crippen molar-refractivity contribution in [1.29, 1.82) is 0 Å². The molecule has 0 amide bonds. The molecule has 1 aliphatic heterocycles. The van der Waals surface area contributed by atoms with Gasteiger partial charge in [-0.25, -0.2) is 8.42 Å². The summed E-state index contributed by atoms with van der Waals surface area (Å²) in [6, 6.07) is 5.53. The smallest absolute Gasteiger partial charge is 0.366 e. The Hall–Kier alpha value is -1.45. The van der Waals surface area contributed by atoms with E-state index >= 15 is 0 Å². The van der Waals surface area contributed by atoms with Crippen LogP contribution in [0.5, 0.6) is 0 Å². The van der Waals surface area contributed by atoms with Gasteiger partial charge in [-0.15, -0.1) is 0 Å². The first-order chi connectivity index (χ1) is 10.1. The zero-order valence-electron chi connectivity index (χ0n) is 11.6. The number of alkyl halides is 3. The molecule has 1 aromatic rings. The van der Waals surface area contributed by atoms with E-state index in [1.165, 1.54) is 31.2 Å². The summed E-state index contributed by atoms with van der Waals surface area (Å²) in [5.74, 6) is -0.271. The minimum atomic E-state index is -4.44. The Kier molecular flexibility index (Phi) is 4.59. The number of rotatable bonds is 5. The number of benzene rings is 1. The monoisotopic (exact) mass is 337 g/mol. The average Bonchev–Trinajstić information content (AvgIpc) is 2.35. The Morgan fingerprint density at radius 1 is 1.36 bits per heavy atom. The van der Waals surface area contributed by atoms with Crippen molar-refractivity contribution >= 4 is 15.8 Å². The van der Waals surface area contributed by atoms with E-state index in [-0.39, 0.29) is 29.3 Å². The molecule has 0 aromatic heterocycles. The van der Waals surface area contributed by atoms with Crippen LogP contribution in [0.15, 0.2) is 29.2 Å². The molecular formula is C13H14F3NO4S. The summed E-state index contributed by atoms with van der Waals surface area (Å²) in [4.78, 5) is 11.2. The standard InChI is InChI=1S/C13H14F3NO4S/c1-9(18)10-3-2-4-12(5-10)22(19,20)17-6-11(7-17)21-8-13(14,15)16/h2-5,11H,6-8H2,1H3. The molecule has 0 aliphatic carbocycles. The molecule has 5 nitrogen and oxygen atoms in total. The topological polar surface area (TPSA) is 63.7 Å². The molecule has 2 rings (SSSR count). The van der Waals surface area contributed by atoms with Crippen LogP contribution in [0, 0.1) is 0 Å². The van der Waals surface area contributed by atoms with Gasteiger partial charge in [-0.2, -0.15) is 17.5 Å². The number of nitrogens with zero attached hydrogens (tertiary/aromatic N) is 1. The second-order valence-corrected chi connectivity index (χ2v) is 6.89. The fraction of sp³-hybridized carbons (Fsp3) is 0.462. The highest BCUT2D eigenvalue weighted by atomic mass is 32.2. The lowest BCUT2D eigenvalue weighted by molar-refractivity contribution is -0.194. The summed E-state index contributed by atoms with van der Waals surface area (Å²) in [6.45, 7) is -0.354. The van der Waals surface area contributed by atoms with Gasteiger partial charge in [0.25, 0.3) is 0 Å². The molecule has 0 atom stereocenters. The van der Waals surface area contributed by atoms with Gasteiger partial charge in [-0.3, -0.25) is 4.79 Å². The van der Waals surface area contributed by atoms with E-state index < -0.39 is 28.9 Å². The molecule has 0 bridgehead atoms. The molecule has 22 heavy (non-hydrogen) atoms. The third-order valence-electron chi connectivity index (χ3n) is 3.18. The highest BCUT2D eigenvalue weighted by molar-refractivity contribution is 7.89. The predicted molar refractivity (Wildman–Crippen MR) is 71.0 cm³/mol. The largest absolute Gasteiger partial charge is 0.411 e. The minimum absolute atomic E-state index is 0.0607. The first-order valence-corrected chi connectivity index (χ1v) is 7.83. The minimum Gasteiger partial charge on any atom is -0.366 e. The van der Waals surface area contributed by atoms with E-state index in [2.05, 4.69) is 4.74 Å². The second-order valence-electron chi connectivity index (χ2n) is 4.95. The summed E-state index contributed by atoms with van der Waals surface area (Å²) in [7, 11) is -3.83. The number of ketones is 1. The van der Waals surface area contributed by atoms with Crippen molar-refractivity contribution in [2.45, 2.75) is 24.1 Å². The molecule has 0 unspecified atom stereocenters. The van der Waals surface area contributed by atoms with Crippen molar-refractivity contribution in [2.24, 2.45) is 0 Å². The van der Waals surface area contributed by atoms with Crippen LogP contribution in [-0.4, -0.2) is 50.5 Å². The zero-order valence-corrected chi connectivity index (χ0v) is 12.4. The summed E-state index contributed by atoms with van der Waals surface area (Å²) in [5.41, 5.74) is 0.256. The quantitative estimate of drug-likeness (QED) is 0.769. The summed E-state index contributed by atoms with van der Waals surface area (Å²) >= 11 is 0. The van der Waals surface area contributed by atoms with Crippen LogP contribution in [0.4, 0.5) is 13.2 Å². The van der Waals surface area contributed by atoms with E-state index in [1.807, 2.05) is 0 Å². The average molecular weight is 337 g/mol. The highest BCUT2D eigenvalue weighted by Crippen LogP contribution is 2.25. The Morgan fingerprint density at radius 3 is 2.55 bits per heavy atom. The molecule has 1 saturated heterocycles. The Labute approximate surface area is 125 Å². The summed E-state index contributed by atoms with van der Waals surface area (Å²) in [5, 5.41) is 0. The maximum Gasteiger partial charge on any atom is 0.411 e. The van der Waals surface area contributed by atoms with Crippen molar-refractivity contribution in [3.05, 3.63) is 29.8 Å². The van der Waals surface area contributed by atoms with Gasteiger partial charge < -0.3 is 4.74 Å². The Morgan fingerprint density at radius 2 is 2.00 bits per heavy atom. The van der Waals surface area contributed by atoms with Gasteiger partial charge in [0.15, 0.2) is 5.78 Å². The molecule has 0 N–H and O–H groups in total. The van der Waals surface area contributed by atoms with Gasteiger partial charge >= 0.3 is 6.18 Å². The molecule has 1 fully saturated rings. The molecule has 1 aromatic carbocycles. The van der Waals surface area contributed by atoms with E-state index in [0.717, 1.165) is 4.31 Å². The molecule has 1 aliphatic rings. The molecule has 122 valence electrons. The SMILES string of the molecule is CC(=O)c1cccc(S(=O)(=O)N2CC(OCC(F)(F)F)C2)c1. The number of carbonyl (C=O) groups excluding carboxylic acids is 1. The van der Waals surface area contributed by atoms with Gasteiger partial charge in [-0.05, 0) is 19.1 Å². The summed E-state index contributed by atoms with van der Waals surface area (Å²) in [6.07, 6.45) is -5.21. The Bertz CT molecular complexity index is 666. The van der Waals surface area contributed by atoms with E-state index in [9.17, 15) is 26.4 Å². The Balaban J connectivity index is 2.02. The van der Waals surface area contributed by atoms with Gasteiger partial charge in [0.1, 0.15) is 6.61 Å². The van der Waals surface area contributed by atoms with Gasteiger partial charge in [0, 0.05) is 18.7 Å². The fourth-order valence-electron chi connectivity index (χ4n) is 1.94. The number of hydrogen-bond donors (Lipinski definition) is 0. The zero-order chi connectivity index (χ0) is 16.5. The van der Waals surface area contributed by atoms with Crippen molar-refractivity contribution in [2.75, 3.05) is 19.7 Å². The number of halogens is 3. The number of hydrogen-bond acceptors (Lipinski definition) is 4. The van der Waals surface area contributed by atoms with Crippen LogP contribution in [-0.2, 0) is 14.8 Å². The third kappa shape index (κ3) is 3.84. The van der Waals surface area contributed by atoms with Crippen LogP contribution >= 0.6 is 0 Å². The van der Waals surface area contributed by atoms with Crippen molar-refractivity contribution in [3.63, 3.8) is 0 Å². The second kappa shape index (κ2) is 5.98. The highest BCUT2D eigenvalue weighted by Gasteiger charge is 2.39. The van der Waals surface area contributed by atoms with Crippen LogP contribution in [0.2, 0.25) is 0 Å². The maximum absolute atomic E-state index is 12.3. The van der Waals surface area contributed by atoms with E-state index in [1.54, 1.807) is 0 Å². The van der Waals surface area contributed by atoms with Crippen LogP contribution in [0.1, 0.15) is 17.3 Å². The first kappa shape index (κ1) is 16.9. The molecule has 0 radical (unpaired) electrons. The van der Waals surface area contributed by atoms with Gasteiger partial charge in [0.2, 0.25) is 10.0 Å².